The Bertz CT molecular complexity index is 341. The largest absolute Gasteiger partial charge is 0.464 e. The summed E-state index contributed by atoms with van der Waals surface area (Å²) < 4.78 is 10.5. The Labute approximate surface area is 89.0 Å². The molecule has 1 aliphatic rings. The highest BCUT2D eigenvalue weighted by atomic mass is 16.6. The fourth-order valence-corrected chi connectivity index (χ4v) is 1.77. The molecule has 0 aliphatic carbocycles. The van der Waals surface area contributed by atoms with Gasteiger partial charge in [0.05, 0.1) is 13.2 Å². The van der Waals surface area contributed by atoms with E-state index in [9.17, 15) is 4.79 Å². The molecule has 1 aliphatic heterocycles. The summed E-state index contributed by atoms with van der Waals surface area (Å²) in [6.45, 7) is 2.81. The first-order valence-corrected chi connectivity index (χ1v) is 5.16. The van der Waals surface area contributed by atoms with Crippen molar-refractivity contribution in [3.05, 3.63) is 35.9 Å². The van der Waals surface area contributed by atoms with Crippen LogP contribution in [0.25, 0.3) is 0 Å². The lowest BCUT2D eigenvalue weighted by atomic mass is 9.86. The molecular weight excluding hydrogens is 192 g/mol. The number of hydrogen-bond donors (Lipinski definition) is 0. The topological polar surface area (TPSA) is 35.5 Å². The number of ether oxygens (including phenoxy) is 2. The number of esters is 1. The molecule has 1 aromatic carbocycles. The molecule has 3 nitrogen and oxygen atoms in total. The van der Waals surface area contributed by atoms with Crippen molar-refractivity contribution in [1.29, 1.82) is 0 Å². The molecular formula is C12H14O3. The Balaban J connectivity index is 2.26. The summed E-state index contributed by atoms with van der Waals surface area (Å²) in [5.74, 6) is -0.276. The Morgan fingerprint density at radius 2 is 2.13 bits per heavy atom. The molecule has 0 spiro atoms. The van der Waals surface area contributed by atoms with E-state index in [-0.39, 0.29) is 5.97 Å². The van der Waals surface area contributed by atoms with Crippen LogP contribution in [0.15, 0.2) is 30.3 Å². The average molecular weight is 206 g/mol. The predicted molar refractivity (Wildman–Crippen MR) is 55.3 cm³/mol. The number of benzene rings is 1. The van der Waals surface area contributed by atoms with E-state index in [0.29, 0.717) is 19.6 Å². The van der Waals surface area contributed by atoms with Crippen molar-refractivity contribution in [3.63, 3.8) is 0 Å². The van der Waals surface area contributed by atoms with Gasteiger partial charge >= 0.3 is 5.97 Å². The lowest BCUT2D eigenvalue weighted by Crippen LogP contribution is -2.48. The monoisotopic (exact) mass is 206 g/mol. The summed E-state index contributed by atoms with van der Waals surface area (Å²) in [5.41, 5.74) is 0.0479. The van der Waals surface area contributed by atoms with Crippen molar-refractivity contribution in [1.82, 2.24) is 0 Å². The summed E-state index contributed by atoms with van der Waals surface area (Å²) in [4.78, 5) is 11.8. The second kappa shape index (κ2) is 4.03. The maximum atomic E-state index is 11.8. The van der Waals surface area contributed by atoms with E-state index in [0.717, 1.165) is 5.56 Å². The summed E-state index contributed by atoms with van der Waals surface area (Å²) in [7, 11) is 0. The number of carbonyl (C=O) groups is 1. The molecule has 0 radical (unpaired) electrons. The fourth-order valence-electron chi connectivity index (χ4n) is 1.77. The second-order valence-electron chi connectivity index (χ2n) is 3.51. The van der Waals surface area contributed by atoms with E-state index in [1.165, 1.54) is 0 Å². The smallest absolute Gasteiger partial charge is 0.343 e. The summed E-state index contributed by atoms with van der Waals surface area (Å²) in [5, 5.41) is 0. The van der Waals surface area contributed by atoms with Crippen LogP contribution in [0, 0.1) is 0 Å². The van der Waals surface area contributed by atoms with E-state index >= 15 is 0 Å². The molecule has 0 bridgehead atoms. The minimum atomic E-state index is -0.836. The van der Waals surface area contributed by atoms with Crippen molar-refractivity contribution < 1.29 is 14.3 Å². The van der Waals surface area contributed by atoms with Gasteiger partial charge in [-0.05, 0) is 12.5 Å². The van der Waals surface area contributed by atoms with E-state index in [2.05, 4.69) is 0 Å². The average Bonchev–Trinajstić information content (AvgIpc) is 2.18. The zero-order chi connectivity index (χ0) is 10.7. The Kier molecular flexibility index (Phi) is 2.73. The van der Waals surface area contributed by atoms with Crippen LogP contribution in [0.5, 0.6) is 0 Å². The van der Waals surface area contributed by atoms with Gasteiger partial charge in [0, 0.05) is 6.42 Å². The standard InChI is InChI=1S/C12H14O3/c1-2-14-11(13)12(8-9-15-12)10-6-4-3-5-7-10/h3-7H,2,8-9H2,1H3. The quantitative estimate of drug-likeness (QED) is 0.708. The van der Waals surface area contributed by atoms with Gasteiger partial charge < -0.3 is 9.47 Å². The van der Waals surface area contributed by atoms with Crippen LogP contribution in [0.2, 0.25) is 0 Å². The van der Waals surface area contributed by atoms with Gasteiger partial charge in [-0.1, -0.05) is 30.3 Å². The van der Waals surface area contributed by atoms with E-state index < -0.39 is 5.60 Å². The van der Waals surface area contributed by atoms with Crippen LogP contribution in [0.4, 0.5) is 0 Å². The number of hydrogen-bond acceptors (Lipinski definition) is 3. The minimum absolute atomic E-state index is 0.276. The normalized spacial score (nSPS) is 24.3. The van der Waals surface area contributed by atoms with Gasteiger partial charge in [-0.25, -0.2) is 4.79 Å². The summed E-state index contributed by atoms with van der Waals surface area (Å²) in [6, 6.07) is 9.52. The molecule has 1 heterocycles. The molecule has 80 valence electrons. The highest BCUT2D eigenvalue weighted by Crippen LogP contribution is 2.38. The van der Waals surface area contributed by atoms with Crippen molar-refractivity contribution in [2.45, 2.75) is 18.9 Å². The zero-order valence-corrected chi connectivity index (χ0v) is 8.73. The van der Waals surface area contributed by atoms with E-state index in [4.69, 9.17) is 9.47 Å². The maximum absolute atomic E-state index is 11.8. The third-order valence-electron chi connectivity index (χ3n) is 2.65. The van der Waals surface area contributed by atoms with Crippen LogP contribution in [-0.2, 0) is 19.9 Å². The van der Waals surface area contributed by atoms with Crippen LogP contribution < -0.4 is 0 Å². The van der Waals surface area contributed by atoms with E-state index in [1.807, 2.05) is 30.3 Å². The molecule has 1 saturated heterocycles. The fraction of sp³-hybridized carbons (Fsp3) is 0.417. The van der Waals surface area contributed by atoms with Crippen LogP contribution in [-0.4, -0.2) is 19.2 Å². The molecule has 1 atom stereocenters. The Morgan fingerprint density at radius 3 is 2.60 bits per heavy atom. The van der Waals surface area contributed by atoms with Gasteiger partial charge in [-0.2, -0.15) is 0 Å². The molecule has 1 aromatic rings. The molecule has 0 aromatic heterocycles. The van der Waals surface area contributed by atoms with Gasteiger partial charge in [0.2, 0.25) is 0 Å². The molecule has 0 saturated carbocycles. The lowest BCUT2D eigenvalue weighted by Gasteiger charge is -2.39. The highest BCUT2D eigenvalue weighted by Gasteiger charge is 2.48. The van der Waals surface area contributed by atoms with Crippen molar-refractivity contribution in [2.24, 2.45) is 0 Å². The molecule has 15 heavy (non-hydrogen) atoms. The lowest BCUT2D eigenvalue weighted by molar-refractivity contribution is -0.203. The molecule has 2 rings (SSSR count). The second-order valence-corrected chi connectivity index (χ2v) is 3.51. The predicted octanol–water partition coefficient (Wildman–Crippen LogP) is 1.87. The maximum Gasteiger partial charge on any atom is 0.343 e. The van der Waals surface area contributed by atoms with Crippen molar-refractivity contribution >= 4 is 5.97 Å². The van der Waals surface area contributed by atoms with Crippen LogP contribution in [0.3, 0.4) is 0 Å². The number of rotatable bonds is 3. The molecule has 3 heteroatoms. The summed E-state index contributed by atoms with van der Waals surface area (Å²) >= 11 is 0. The highest BCUT2D eigenvalue weighted by molar-refractivity contribution is 5.82. The first kappa shape index (κ1) is 10.2. The Morgan fingerprint density at radius 1 is 1.47 bits per heavy atom. The molecule has 0 N–H and O–H groups in total. The van der Waals surface area contributed by atoms with Crippen LogP contribution in [0.1, 0.15) is 18.9 Å². The van der Waals surface area contributed by atoms with Crippen LogP contribution >= 0.6 is 0 Å². The summed E-state index contributed by atoms with van der Waals surface area (Å²) in [6.07, 6.45) is 0.704. The third-order valence-corrected chi connectivity index (χ3v) is 2.65. The molecule has 1 fully saturated rings. The van der Waals surface area contributed by atoms with Gasteiger partial charge in [-0.3, -0.25) is 0 Å². The van der Waals surface area contributed by atoms with Gasteiger partial charge in [0.1, 0.15) is 0 Å². The number of carbonyl (C=O) groups excluding carboxylic acids is 1. The zero-order valence-electron chi connectivity index (χ0n) is 8.73. The first-order chi connectivity index (χ1) is 7.29. The van der Waals surface area contributed by atoms with E-state index in [1.54, 1.807) is 6.92 Å². The van der Waals surface area contributed by atoms with Crippen molar-refractivity contribution in [3.8, 4) is 0 Å². The minimum Gasteiger partial charge on any atom is -0.464 e. The Hall–Kier alpha value is -1.35. The van der Waals surface area contributed by atoms with Gasteiger partial charge in [0.25, 0.3) is 0 Å². The van der Waals surface area contributed by atoms with Crippen molar-refractivity contribution in [2.75, 3.05) is 13.2 Å². The van der Waals surface area contributed by atoms with Gasteiger partial charge in [0.15, 0.2) is 5.60 Å². The molecule has 0 amide bonds. The SMILES string of the molecule is CCOC(=O)C1(c2ccccc2)CCO1. The third kappa shape index (κ3) is 1.63. The molecule has 1 unspecified atom stereocenters. The van der Waals surface area contributed by atoms with Gasteiger partial charge in [-0.15, -0.1) is 0 Å². The first-order valence-electron chi connectivity index (χ1n) is 5.16.